The summed E-state index contributed by atoms with van der Waals surface area (Å²) in [6.07, 6.45) is 6.39. The average molecular weight is 414 g/mol. The van der Waals surface area contributed by atoms with Crippen molar-refractivity contribution in [3.05, 3.63) is 50.1 Å². The van der Waals surface area contributed by atoms with Crippen molar-refractivity contribution in [3.63, 3.8) is 0 Å². The van der Waals surface area contributed by atoms with E-state index >= 15 is 0 Å². The molecule has 0 spiro atoms. The van der Waals surface area contributed by atoms with Crippen molar-refractivity contribution >= 4 is 33.2 Å². The van der Waals surface area contributed by atoms with Gasteiger partial charge in [-0.15, -0.1) is 11.3 Å². The number of fused-ring (bicyclic) bond motifs is 3. The van der Waals surface area contributed by atoms with Crippen molar-refractivity contribution in [3.8, 4) is 11.4 Å². The third-order valence-electron chi connectivity index (χ3n) is 6.19. The highest BCUT2D eigenvalue weighted by Gasteiger charge is 2.28. The average Bonchev–Trinajstić information content (AvgIpc) is 3.08. The number of hydrogen-bond donors (Lipinski definition) is 0. The highest BCUT2D eigenvalue weighted by Crippen LogP contribution is 2.37. The normalized spacial score (nSPS) is 18.5. The van der Waals surface area contributed by atoms with Crippen molar-refractivity contribution in [2.45, 2.75) is 44.6 Å². The van der Waals surface area contributed by atoms with Gasteiger partial charge in [0.1, 0.15) is 10.7 Å². The van der Waals surface area contributed by atoms with Gasteiger partial charge in [-0.3, -0.25) is 9.36 Å². The van der Waals surface area contributed by atoms with Gasteiger partial charge < -0.3 is 4.90 Å². The van der Waals surface area contributed by atoms with Crippen LogP contribution >= 0.6 is 22.9 Å². The molecule has 1 aromatic carbocycles. The summed E-state index contributed by atoms with van der Waals surface area (Å²) in [5, 5.41) is 1.52. The molecule has 0 unspecified atom stereocenters. The molecule has 1 fully saturated rings. The highest BCUT2D eigenvalue weighted by atomic mass is 35.5. The molecule has 3 aromatic rings. The number of hydrogen-bond acceptors (Lipinski definition) is 4. The summed E-state index contributed by atoms with van der Waals surface area (Å²) < 4.78 is 1.97. The topological polar surface area (TPSA) is 38.1 Å². The van der Waals surface area contributed by atoms with E-state index in [0.29, 0.717) is 5.02 Å². The van der Waals surface area contributed by atoms with Gasteiger partial charge in [-0.25, -0.2) is 4.98 Å². The maximum Gasteiger partial charge on any atom is 0.263 e. The Bertz CT molecular complexity index is 1100. The molecule has 146 valence electrons. The van der Waals surface area contributed by atoms with Gasteiger partial charge in [0.25, 0.3) is 5.56 Å². The monoisotopic (exact) mass is 413 g/mol. The standard InChI is InChI=1S/C22H24ClN3OS/c1-25-12-10-14(11-13-25)26-20(15-6-2-4-8-17(15)23)24-21-19(22(26)27)16-7-3-5-9-18(16)28-21/h2,4,6,8,14H,3,5,7,9-13H2,1H3. The number of benzene rings is 1. The van der Waals surface area contributed by atoms with Crippen molar-refractivity contribution < 1.29 is 0 Å². The zero-order valence-corrected chi connectivity index (χ0v) is 17.7. The molecule has 5 rings (SSSR count). The van der Waals surface area contributed by atoms with Crippen LogP contribution in [0.5, 0.6) is 0 Å². The van der Waals surface area contributed by atoms with E-state index in [4.69, 9.17) is 16.6 Å². The molecule has 0 radical (unpaired) electrons. The first kappa shape index (κ1) is 18.3. The smallest absolute Gasteiger partial charge is 0.263 e. The van der Waals surface area contributed by atoms with E-state index in [9.17, 15) is 4.79 Å². The molecule has 0 saturated carbocycles. The molecule has 28 heavy (non-hydrogen) atoms. The van der Waals surface area contributed by atoms with Crippen LogP contribution in [0.25, 0.3) is 21.6 Å². The minimum Gasteiger partial charge on any atom is -0.306 e. The Balaban J connectivity index is 1.78. The fourth-order valence-electron chi connectivity index (χ4n) is 4.64. The lowest BCUT2D eigenvalue weighted by molar-refractivity contribution is 0.219. The molecule has 3 heterocycles. The molecule has 0 amide bonds. The van der Waals surface area contributed by atoms with Crippen molar-refractivity contribution in [2.24, 2.45) is 0 Å². The van der Waals surface area contributed by atoms with E-state index in [1.807, 2.05) is 28.8 Å². The van der Waals surface area contributed by atoms with Crippen LogP contribution in [-0.2, 0) is 12.8 Å². The zero-order chi connectivity index (χ0) is 19.3. The Morgan fingerprint density at radius 3 is 2.68 bits per heavy atom. The van der Waals surface area contributed by atoms with Crippen molar-refractivity contribution in [2.75, 3.05) is 20.1 Å². The molecule has 1 saturated heterocycles. The van der Waals surface area contributed by atoms with E-state index in [1.54, 1.807) is 11.3 Å². The number of piperidine rings is 1. The lowest BCUT2D eigenvalue weighted by Crippen LogP contribution is -2.36. The van der Waals surface area contributed by atoms with Crippen molar-refractivity contribution in [1.82, 2.24) is 14.5 Å². The van der Waals surface area contributed by atoms with Gasteiger partial charge in [0, 0.05) is 16.5 Å². The van der Waals surface area contributed by atoms with E-state index < -0.39 is 0 Å². The van der Waals surface area contributed by atoms with E-state index in [2.05, 4.69) is 11.9 Å². The molecule has 0 N–H and O–H groups in total. The molecule has 0 atom stereocenters. The molecule has 2 aliphatic rings. The lowest BCUT2D eigenvalue weighted by atomic mass is 9.97. The summed E-state index contributed by atoms with van der Waals surface area (Å²) in [7, 11) is 2.14. The summed E-state index contributed by atoms with van der Waals surface area (Å²) >= 11 is 8.25. The van der Waals surface area contributed by atoms with Crippen LogP contribution in [0.15, 0.2) is 29.1 Å². The van der Waals surface area contributed by atoms with Crippen LogP contribution in [0.4, 0.5) is 0 Å². The summed E-state index contributed by atoms with van der Waals surface area (Å²) in [6.45, 7) is 2.00. The Morgan fingerprint density at radius 2 is 1.89 bits per heavy atom. The Labute approximate surface area is 173 Å². The second-order valence-electron chi connectivity index (χ2n) is 8.02. The van der Waals surface area contributed by atoms with E-state index in [1.165, 1.54) is 23.3 Å². The fraction of sp³-hybridized carbons (Fsp3) is 0.455. The summed E-state index contributed by atoms with van der Waals surface area (Å²) in [4.78, 5) is 23.4. The molecule has 6 heteroatoms. The first-order valence-corrected chi connectivity index (χ1v) is 11.3. The van der Waals surface area contributed by atoms with Gasteiger partial charge in [-0.2, -0.15) is 0 Å². The van der Waals surface area contributed by atoms with Gasteiger partial charge in [0.15, 0.2) is 0 Å². The quantitative estimate of drug-likeness (QED) is 0.598. The fourth-order valence-corrected chi connectivity index (χ4v) is 6.11. The summed E-state index contributed by atoms with van der Waals surface area (Å²) in [5.41, 5.74) is 2.25. The maximum atomic E-state index is 13.8. The molecule has 2 aromatic heterocycles. The Kier molecular flexibility index (Phi) is 4.77. The Morgan fingerprint density at radius 1 is 1.14 bits per heavy atom. The van der Waals surface area contributed by atoms with Gasteiger partial charge >= 0.3 is 0 Å². The molecule has 4 nitrogen and oxygen atoms in total. The minimum absolute atomic E-state index is 0.133. The number of likely N-dealkylation sites (tertiary alicyclic amines) is 1. The number of thiophene rings is 1. The minimum atomic E-state index is 0.133. The van der Waals surface area contributed by atoms with Crippen LogP contribution < -0.4 is 5.56 Å². The number of aromatic nitrogens is 2. The van der Waals surface area contributed by atoms with E-state index in [-0.39, 0.29) is 11.6 Å². The van der Waals surface area contributed by atoms with E-state index in [0.717, 1.165) is 60.4 Å². The van der Waals surface area contributed by atoms with Gasteiger partial charge in [0.05, 0.1) is 10.4 Å². The maximum absolute atomic E-state index is 13.8. The van der Waals surface area contributed by atoms with Crippen LogP contribution in [0.2, 0.25) is 5.02 Å². The predicted molar refractivity (Wildman–Crippen MR) is 117 cm³/mol. The molecule has 1 aliphatic heterocycles. The summed E-state index contributed by atoms with van der Waals surface area (Å²) in [5.74, 6) is 0.733. The van der Waals surface area contributed by atoms with Gasteiger partial charge in [-0.1, -0.05) is 23.7 Å². The second-order valence-corrected chi connectivity index (χ2v) is 9.51. The van der Waals surface area contributed by atoms with Crippen LogP contribution in [0.3, 0.4) is 0 Å². The number of rotatable bonds is 2. The predicted octanol–water partition coefficient (Wildman–Crippen LogP) is 4.92. The second kappa shape index (κ2) is 7.29. The molecule has 0 bridgehead atoms. The summed E-state index contributed by atoms with van der Waals surface area (Å²) in [6, 6.07) is 7.93. The molecular weight excluding hydrogens is 390 g/mol. The largest absolute Gasteiger partial charge is 0.306 e. The zero-order valence-electron chi connectivity index (χ0n) is 16.1. The van der Waals surface area contributed by atoms with Crippen LogP contribution in [0.1, 0.15) is 42.2 Å². The van der Waals surface area contributed by atoms with Gasteiger partial charge in [-0.05, 0) is 76.4 Å². The first-order chi connectivity index (χ1) is 13.6. The third kappa shape index (κ3) is 3.00. The SMILES string of the molecule is CN1CCC(n2c(-c3ccccc3Cl)nc3sc4c(c3c2=O)CCCC4)CC1. The number of halogens is 1. The highest BCUT2D eigenvalue weighted by molar-refractivity contribution is 7.18. The molecule has 1 aliphatic carbocycles. The number of aryl methyl sites for hydroxylation is 2. The van der Waals surface area contributed by atoms with Crippen molar-refractivity contribution in [1.29, 1.82) is 0 Å². The Hall–Kier alpha value is -1.69. The van der Waals surface area contributed by atoms with Gasteiger partial charge in [0.2, 0.25) is 0 Å². The van der Waals surface area contributed by atoms with Crippen LogP contribution in [0, 0.1) is 0 Å². The molecular formula is C22H24ClN3OS. The van der Waals surface area contributed by atoms with Crippen LogP contribution in [-0.4, -0.2) is 34.6 Å². The third-order valence-corrected chi connectivity index (χ3v) is 7.70. The first-order valence-electron chi connectivity index (χ1n) is 10.1. The lowest BCUT2D eigenvalue weighted by Gasteiger charge is -2.31. The number of nitrogens with zero attached hydrogens (tertiary/aromatic N) is 3.